The van der Waals surface area contributed by atoms with E-state index in [-0.39, 0.29) is 5.41 Å². The van der Waals surface area contributed by atoms with Crippen LogP contribution in [0, 0.1) is 13.8 Å². The van der Waals surface area contributed by atoms with Crippen LogP contribution in [0.15, 0.2) is 12.1 Å². The van der Waals surface area contributed by atoms with Gasteiger partial charge in [0.05, 0.1) is 0 Å². The van der Waals surface area contributed by atoms with Crippen molar-refractivity contribution in [1.82, 2.24) is 4.98 Å². The third kappa shape index (κ3) is 2.30. The number of pyridine rings is 1. The maximum atomic E-state index is 4.38. The first-order valence-electron chi connectivity index (χ1n) is 4.91. The van der Waals surface area contributed by atoms with Gasteiger partial charge >= 0.3 is 0 Å². The van der Waals surface area contributed by atoms with Gasteiger partial charge in [0, 0.05) is 11.4 Å². The Morgan fingerprint density at radius 1 is 1.15 bits per heavy atom. The summed E-state index contributed by atoms with van der Waals surface area (Å²) in [4.78, 5) is 4.38. The molecule has 0 spiro atoms. The van der Waals surface area contributed by atoms with Crippen molar-refractivity contribution in [3.8, 4) is 0 Å². The molecule has 0 saturated heterocycles. The maximum Gasteiger partial charge on any atom is 0.0378 e. The van der Waals surface area contributed by atoms with Gasteiger partial charge in [0.15, 0.2) is 0 Å². The number of hydrogen-bond acceptors (Lipinski definition) is 1. The van der Waals surface area contributed by atoms with Crippen molar-refractivity contribution in [2.24, 2.45) is 0 Å². The van der Waals surface area contributed by atoms with E-state index in [0.717, 1.165) is 17.8 Å². The van der Waals surface area contributed by atoms with E-state index in [2.05, 4.69) is 51.7 Å². The van der Waals surface area contributed by atoms with Crippen LogP contribution in [0.5, 0.6) is 0 Å². The van der Waals surface area contributed by atoms with E-state index in [1.807, 2.05) is 0 Å². The normalized spacial score (nSPS) is 11.8. The zero-order chi connectivity index (χ0) is 10.1. The van der Waals surface area contributed by atoms with E-state index in [4.69, 9.17) is 0 Å². The molecule has 1 heterocycles. The van der Waals surface area contributed by atoms with Gasteiger partial charge in [-0.05, 0) is 43.4 Å². The molecular weight excluding hydrogens is 158 g/mol. The molecule has 0 atom stereocenters. The van der Waals surface area contributed by atoms with Crippen LogP contribution in [0.4, 0.5) is 0 Å². The van der Waals surface area contributed by atoms with Crippen LogP contribution in [-0.4, -0.2) is 4.98 Å². The van der Waals surface area contributed by atoms with Gasteiger partial charge in [-0.15, -0.1) is 0 Å². The fraction of sp³-hybridized carbons (Fsp3) is 0.583. The minimum Gasteiger partial charge on any atom is -0.258 e. The number of aromatic nitrogens is 1. The molecule has 1 heteroatoms. The first kappa shape index (κ1) is 10.2. The molecule has 0 aromatic carbocycles. The summed E-state index contributed by atoms with van der Waals surface area (Å²) >= 11 is 0. The molecule has 13 heavy (non-hydrogen) atoms. The van der Waals surface area contributed by atoms with Crippen molar-refractivity contribution in [3.05, 3.63) is 29.1 Å². The lowest BCUT2D eigenvalue weighted by Gasteiger charge is -2.23. The summed E-state index contributed by atoms with van der Waals surface area (Å²) in [7, 11) is 0. The first-order chi connectivity index (χ1) is 5.95. The molecule has 0 aliphatic rings. The quantitative estimate of drug-likeness (QED) is 0.674. The highest BCUT2D eigenvalue weighted by Crippen LogP contribution is 2.27. The average Bonchev–Trinajstić information content (AvgIpc) is 2.02. The summed E-state index contributed by atoms with van der Waals surface area (Å²) in [6.07, 6.45) is 1.16. The molecule has 1 nitrogen and oxygen atoms in total. The number of aryl methyl sites for hydroxylation is 2. The number of nitrogens with zero attached hydrogens (tertiary/aromatic N) is 1. The lowest BCUT2D eigenvalue weighted by atomic mass is 9.82. The zero-order valence-corrected chi connectivity index (χ0v) is 9.31. The molecule has 0 bridgehead atoms. The Balaban J connectivity index is 3.15. The van der Waals surface area contributed by atoms with Crippen LogP contribution in [-0.2, 0) is 5.41 Å². The van der Waals surface area contributed by atoms with E-state index in [9.17, 15) is 0 Å². The van der Waals surface area contributed by atoms with Crippen molar-refractivity contribution in [2.45, 2.75) is 46.5 Å². The third-order valence-corrected chi connectivity index (χ3v) is 2.75. The Labute approximate surface area is 81.2 Å². The van der Waals surface area contributed by atoms with Gasteiger partial charge in [-0.2, -0.15) is 0 Å². The second kappa shape index (κ2) is 3.49. The van der Waals surface area contributed by atoms with E-state index in [1.165, 1.54) is 5.56 Å². The molecule has 1 aromatic rings. The molecule has 0 aliphatic carbocycles. The van der Waals surface area contributed by atoms with Crippen LogP contribution in [0.1, 0.15) is 44.1 Å². The van der Waals surface area contributed by atoms with Gasteiger partial charge in [-0.25, -0.2) is 0 Å². The standard InChI is InChI=1S/C12H19N/c1-6-12(4,5)11-7-9(2)13-10(3)8-11/h7-8H,6H2,1-5H3. The predicted octanol–water partition coefficient (Wildman–Crippen LogP) is 3.39. The Bertz CT molecular complexity index is 280. The van der Waals surface area contributed by atoms with Crippen molar-refractivity contribution in [1.29, 1.82) is 0 Å². The first-order valence-corrected chi connectivity index (χ1v) is 4.91. The van der Waals surface area contributed by atoms with E-state index in [0.29, 0.717) is 0 Å². The Morgan fingerprint density at radius 2 is 1.62 bits per heavy atom. The minimum absolute atomic E-state index is 0.276. The molecule has 0 saturated carbocycles. The van der Waals surface area contributed by atoms with Crippen LogP contribution >= 0.6 is 0 Å². The monoisotopic (exact) mass is 177 g/mol. The van der Waals surface area contributed by atoms with Crippen molar-refractivity contribution in [3.63, 3.8) is 0 Å². The maximum absolute atomic E-state index is 4.38. The van der Waals surface area contributed by atoms with Gasteiger partial charge in [-0.3, -0.25) is 4.98 Å². The molecule has 0 aliphatic heterocycles. The predicted molar refractivity (Wildman–Crippen MR) is 57.0 cm³/mol. The highest BCUT2D eigenvalue weighted by atomic mass is 14.7. The van der Waals surface area contributed by atoms with Crippen LogP contribution < -0.4 is 0 Å². The lowest BCUT2D eigenvalue weighted by Crippen LogP contribution is -2.16. The van der Waals surface area contributed by atoms with Crippen LogP contribution in [0.3, 0.4) is 0 Å². The SMILES string of the molecule is CCC(C)(C)c1cc(C)nc(C)c1. The highest BCUT2D eigenvalue weighted by Gasteiger charge is 2.18. The average molecular weight is 177 g/mol. The fourth-order valence-electron chi connectivity index (χ4n) is 1.43. The highest BCUT2D eigenvalue weighted by molar-refractivity contribution is 5.27. The molecule has 0 amide bonds. The summed E-state index contributed by atoms with van der Waals surface area (Å²) in [6.45, 7) is 10.9. The number of rotatable bonds is 2. The van der Waals surface area contributed by atoms with Gasteiger partial charge in [0.2, 0.25) is 0 Å². The van der Waals surface area contributed by atoms with E-state index < -0.39 is 0 Å². The van der Waals surface area contributed by atoms with Crippen LogP contribution in [0.2, 0.25) is 0 Å². The van der Waals surface area contributed by atoms with Gasteiger partial charge in [-0.1, -0.05) is 20.8 Å². The smallest absolute Gasteiger partial charge is 0.0378 e. The second-order valence-electron chi connectivity index (χ2n) is 4.38. The molecular formula is C12H19N. The molecule has 0 radical (unpaired) electrons. The summed E-state index contributed by atoms with van der Waals surface area (Å²) in [5, 5.41) is 0. The summed E-state index contributed by atoms with van der Waals surface area (Å²) in [6, 6.07) is 4.38. The van der Waals surface area contributed by atoms with Crippen LogP contribution in [0.25, 0.3) is 0 Å². The Morgan fingerprint density at radius 3 is 2.00 bits per heavy atom. The summed E-state index contributed by atoms with van der Waals surface area (Å²) in [5.74, 6) is 0. The summed E-state index contributed by atoms with van der Waals surface area (Å²) in [5.41, 5.74) is 3.92. The van der Waals surface area contributed by atoms with Crippen molar-refractivity contribution in [2.75, 3.05) is 0 Å². The van der Waals surface area contributed by atoms with Crippen molar-refractivity contribution < 1.29 is 0 Å². The van der Waals surface area contributed by atoms with Gasteiger partial charge in [0.25, 0.3) is 0 Å². The summed E-state index contributed by atoms with van der Waals surface area (Å²) < 4.78 is 0. The molecule has 0 N–H and O–H groups in total. The lowest BCUT2D eigenvalue weighted by molar-refractivity contribution is 0.504. The zero-order valence-electron chi connectivity index (χ0n) is 9.31. The second-order valence-corrected chi connectivity index (χ2v) is 4.38. The fourth-order valence-corrected chi connectivity index (χ4v) is 1.43. The Kier molecular flexibility index (Phi) is 2.74. The molecule has 72 valence electrons. The molecule has 0 fully saturated rings. The molecule has 1 aromatic heterocycles. The van der Waals surface area contributed by atoms with Gasteiger partial charge < -0.3 is 0 Å². The minimum atomic E-state index is 0.276. The topological polar surface area (TPSA) is 12.9 Å². The van der Waals surface area contributed by atoms with E-state index in [1.54, 1.807) is 0 Å². The Hall–Kier alpha value is -0.850. The largest absolute Gasteiger partial charge is 0.258 e. The molecule has 0 unspecified atom stereocenters. The van der Waals surface area contributed by atoms with E-state index >= 15 is 0 Å². The number of hydrogen-bond donors (Lipinski definition) is 0. The van der Waals surface area contributed by atoms with Gasteiger partial charge in [0.1, 0.15) is 0 Å². The third-order valence-electron chi connectivity index (χ3n) is 2.75. The van der Waals surface area contributed by atoms with Crippen molar-refractivity contribution >= 4 is 0 Å². The molecule has 1 rings (SSSR count).